The number of nitrogens with two attached hydrogens (primary N) is 1. The Labute approximate surface area is 623 Å². The highest BCUT2D eigenvalue weighted by atomic mass is 16.7. The van der Waals surface area contributed by atoms with Crippen LogP contribution < -0.4 is 5.73 Å². The number of ether oxygens (including phenoxy) is 14. The van der Waals surface area contributed by atoms with E-state index in [4.69, 9.17) is 88.5 Å². The summed E-state index contributed by atoms with van der Waals surface area (Å²) in [5.41, 5.74) is -4.33. The Hall–Kier alpha value is -2.60. The Bertz CT molecular complexity index is 3120. The molecule has 0 aromatic carbocycles. The van der Waals surface area contributed by atoms with E-state index in [0.717, 1.165) is 0 Å². The van der Waals surface area contributed by atoms with Crippen molar-refractivity contribution < 1.29 is 143 Å². The maximum absolute atomic E-state index is 14.3. The third kappa shape index (κ3) is 19.9. The molecular weight excluding hydrogens is 1330 g/mol. The first-order chi connectivity index (χ1) is 51.8. The van der Waals surface area contributed by atoms with Crippen LogP contribution in [0.2, 0.25) is 0 Å². The number of cyclic esters (lactones) is 2. The van der Waals surface area contributed by atoms with Crippen molar-refractivity contribution >= 4 is 23.5 Å². The van der Waals surface area contributed by atoms with E-state index < -0.39 is 274 Å². The summed E-state index contributed by atoms with van der Waals surface area (Å²) in [5, 5.41) is 91.1. The van der Waals surface area contributed by atoms with Gasteiger partial charge in [-0.15, -0.1) is 0 Å². The highest BCUT2D eigenvalue weighted by molar-refractivity contribution is 5.84. The summed E-state index contributed by atoms with van der Waals surface area (Å²) >= 11 is 0. The fraction of sp³-hybridized carbons (Fsp3) is 0.946. The van der Waals surface area contributed by atoms with E-state index >= 15 is 0 Å². The van der Waals surface area contributed by atoms with E-state index in [9.17, 15) is 60.0 Å². The summed E-state index contributed by atoms with van der Waals surface area (Å²) in [5.74, 6) is -12.3. The van der Waals surface area contributed by atoms with Gasteiger partial charge in [0.05, 0.1) is 104 Å². The van der Waals surface area contributed by atoms with E-state index in [-0.39, 0.29) is 43.4 Å². The van der Waals surface area contributed by atoms with E-state index in [1.807, 2.05) is 0 Å². The van der Waals surface area contributed by atoms with Gasteiger partial charge >= 0.3 is 11.9 Å². The first-order valence-corrected chi connectivity index (χ1v) is 36.1. The highest BCUT2D eigenvalue weighted by Crippen LogP contribution is 2.45. The van der Waals surface area contributed by atoms with Gasteiger partial charge in [-0.05, 0) is 136 Å². The molecule has 28 heteroatoms. The number of rotatable bonds is 15. The van der Waals surface area contributed by atoms with Crippen LogP contribution in [0.5, 0.6) is 0 Å². The molecule has 36 atom stereocenters. The molecule has 102 heavy (non-hydrogen) atoms. The zero-order chi connectivity index (χ0) is 87.8. The van der Waals surface area contributed by atoms with Crippen LogP contribution in [0, 0.1) is 47.3 Å². The molecule has 6 aliphatic heterocycles. The number of esters is 2. The zero-order valence-electron chi connectivity index (χ0n) is 75.9. The van der Waals surface area contributed by atoms with E-state index in [0.29, 0.717) is 6.42 Å². The largest absolute Gasteiger partial charge is 0.459 e. The monoisotopic (exact) mass is 1480 g/mol. The Morgan fingerprint density at radius 1 is 0.490 bits per heavy atom. The van der Waals surface area contributed by atoms with Gasteiger partial charge in [0, 0.05) is 97.0 Å². The summed E-state index contributed by atoms with van der Waals surface area (Å²) in [6.07, 6.45) is -26.5. The van der Waals surface area contributed by atoms with Crippen LogP contribution in [-0.2, 0) is 85.5 Å². The van der Waals surface area contributed by atoms with Gasteiger partial charge in [-0.1, -0.05) is 55.4 Å². The quantitative estimate of drug-likeness (QED) is 0.103. The average Bonchev–Trinajstić information content (AvgIpc) is 0.764. The molecule has 0 aromatic heterocycles. The number of methoxy groups -OCH3 is 4. The Morgan fingerprint density at radius 2 is 0.853 bits per heavy atom. The maximum atomic E-state index is 14.3. The molecule has 6 aliphatic rings. The Morgan fingerprint density at radius 3 is 1.20 bits per heavy atom. The standard InChI is InChI=1S/C38H69NO13.C36H65NO13/c1-15-26-38(10,45)31(42)21(4)28(40)19(2)17-37(9,47-14)33(52-35-29(41)25(39(11)12)16-20(3)48-35)22(5)30(23(6)34(44)50-26)51-27-18-36(8,46-13)32(43)24(7)49-27;1-13-24-36(10,43)29(40)19(4)26(38)17(2)15-35(9,45-12)31(50-33-27(39)23(37)14-18(3)46-33)20(5)28(21(6)32(42)48-24)49-25-16-34(8,44-11)30(41)22(7)47-25/h19-27,29-33,35,41-43,45H,15-18H2,1-14H3;17-25,27-31,33,39-41,43H,13-16,37H2,1-12H3/t19-,20-,21+,22+,23-,24+,25+,26-,27+,29-,30+,31-,32+,33-,35+,36-,37-,38-;17-,18-,19+,20+,21-,22+,23+,24-,25+,27-,28+,29-,30+,31-,33+,34-,35-,36-/m11/s1/i11D3,12D3,14D3;12D3. The lowest BCUT2D eigenvalue weighted by Crippen LogP contribution is -2.61. The Kier molecular flexibility index (Phi) is 25.7. The first kappa shape index (κ1) is 72.3. The third-order valence-electron chi connectivity index (χ3n) is 23.2. The van der Waals surface area contributed by atoms with E-state index in [1.54, 1.807) is 62.3 Å². The molecule has 6 saturated heterocycles. The zero-order valence-corrected chi connectivity index (χ0v) is 63.9. The highest BCUT2D eigenvalue weighted by Gasteiger charge is 2.58. The molecule has 28 nitrogen and oxygen atoms in total. The van der Waals surface area contributed by atoms with Crippen molar-refractivity contribution in [2.75, 3.05) is 42.2 Å². The predicted molar refractivity (Wildman–Crippen MR) is 373 cm³/mol. The SMILES string of the molecule is [2H]C([2H])([2H])O[C@]1(C)C[C@@H](C)C(=O)[C@H](C)[C@@H](O)[C@](C)(O)[C@@H](CC)OC(=O)[C@H](C)[C@@H](O[C@H]2C[C@@](C)(OC)[C@@H](O)[C@H](C)O2)[C@H](C)[C@H]1O[C@@H]1O[C@H](C)C[C@H](N(C([2H])([2H])[2H])C([2H])([2H])[2H])[C@H]1O.[2H]C([2H])([2H])O[C@]1(C)C[C@@H](C)C(=O)[C@H](C)[C@@H](O)[C@](C)(O)[C@@H](CC)OC(=O)[C@H](C)[C@@H](O[C@H]2C[C@@](C)(OC)[C@@H](O)[C@H](C)O2)[C@H](C)[C@H]1O[C@@H]1O[C@H](C)C[C@H](N)[C@H]1O. The lowest BCUT2D eigenvalue weighted by molar-refractivity contribution is -0.319. The van der Waals surface area contributed by atoms with Crippen LogP contribution in [0.4, 0.5) is 0 Å². The van der Waals surface area contributed by atoms with Crippen LogP contribution in [0.15, 0.2) is 0 Å². The minimum Gasteiger partial charge on any atom is -0.459 e. The minimum absolute atomic E-state index is 0.00336. The molecule has 10 N–H and O–H groups in total. The van der Waals surface area contributed by atoms with E-state index in [1.165, 1.54) is 90.4 Å². The van der Waals surface area contributed by atoms with Gasteiger partial charge in [0.15, 0.2) is 25.2 Å². The van der Waals surface area contributed by atoms with Gasteiger partial charge in [0.1, 0.15) is 59.4 Å². The van der Waals surface area contributed by atoms with Gasteiger partial charge in [-0.3, -0.25) is 19.2 Å². The molecule has 0 amide bonds. The molecule has 596 valence electrons. The topological polar surface area (TPSA) is 389 Å². The van der Waals surface area contributed by atoms with Crippen LogP contribution in [0.1, 0.15) is 206 Å². The normalized spacial score (nSPS) is 51.9. The van der Waals surface area contributed by atoms with Crippen LogP contribution in [0.3, 0.4) is 0 Å². The third-order valence-corrected chi connectivity index (χ3v) is 23.2. The van der Waals surface area contributed by atoms with Gasteiger partial charge in [-0.2, -0.15) is 0 Å². The number of carbonyl (C=O) groups excluding carboxylic acids is 4. The number of nitrogens with zero attached hydrogens (tertiary/aromatic N) is 1. The maximum Gasteiger partial charge on any atom is 0.311 e. The summed E-state index contributed by atoms with van der Waals surface area (Å²) < 4.78 is 183. The second-order valence-corrected chi connectivity index (χ2v) is 31.6. The smallest absolute Gasteiger partial charge is 0.311 e. The van der Waals surface area contributed by atoms with Crippen molar-refractivity contribution in [1.29, 1.82) is 0 Å². The minimum atomic E-state index is -3.23. The molecule has 6 rings (SSSR count). The second kappa shape index (κ2) is 36.3. The van der Waals surface area contributed by atoms with Gasteiger partial charge in [0.2, 0.25) is 0 Å². The molecule has 6 fully saturated rings. The van der Waals surface area contributed by atoms with Crippen molar-refractivity contribution in [3.63, 3.8) is 0 Å². The molecule has 0 radical (unpaired) electrons. The van der Waals surface area contributed by atoms with Crippen LogP contribution in [0.25, 0.3) is 0 Å². The van der Waals surface area contributed by atoms with Gasteiger partial charge in [-0.25, -0.2) is 0 Å². The summed E-state index contributed by atoms with van der Waals surface area (Å²) in [6.45, 7) is 23.9. The van der Waals surface area contributed by atoms with E-state index in [2.05, 4.69) is 0 Å². The van der Waals surface area contributed by atoms with Crippen LogP contribution >= 0.6 is 0 Å². The number of aliphatic hydroxyl groups is 8. The molecular formula is C74H134N2O26. The fourth-order valence-corrected chi connectivity index (χ4v) is 16.3. The first-order valence-electron chi connectivity index (χ1n) is 42.1. The number of aliphatic hydroxyl groups excluding tert-OH is 6. The summed E-state index contributed by atoms with van der Waals surface area (Å²) in [7, 11) is -3.41. The number of hydrogen-bond donors (Lipinski definition) is 9. The lowest BCUT2D eigenvalue weighted by Gasteiger charge is -2.50. The van der Waals surface area contributed by atoms with Crippen molar-refractivity contribution in [2.45, 2.75) is 358 Å². The molecule has 0 bridgehead atoms. The average molecular weight is 1480 g/mol. The lowest BCUT2D eigenvalue weighted by atomic mass is 9.73. The van der Waals surface area contributed by atoms with Crippen molar-refractivity contribution in [3.05, 3.63) is 0 Å². The number of carbonyl (C=O) groups is 4. The second-order valence-electron chi connectivity index (χ2n) is 31.6. The van der Waals surface area contributed by atoms with Crippen molar-refractivity contribution in [1.82, 2.24) is 4.90 Å². The molecule has 0 aromatic rings. The summed E-state index contributed by atoms with van der Waals surface area (Å²) in [4.78, 5) is 56.9. The number of ketones is 2. The van der Waals surface area contributed by atoms with Crippen molar-refractivity contribution in [2.24, 2.45) is 53.1 Å². The number of Topliss-reactive ketones (excluding diaryl/α,β-unsaturated/α-hetero) is 2. The van der Waals surface area contributed by atoms with Gasteiger partial charge in [0.25, 0.3) is 0 Å². The number of likely N-dealkylation sites (N-methyl/N-ethyl adjacent to an activating group) is 1. The summed E-state index contributed by atoms with van der Waals surface area (Å²) in [6, 6.07) is -2.37. The molecule has 0 unspecified atom stereocenters. The molecule has 0 saturated carbocycles. The predicted octanol–water partition coefficient (Wildman–Crippen LogP) is 4.28. The Balaban J connectivity index is 0.000000411. The number of hydrogen-bond acceptors (Lipinski definition) is 28. The molecule has 0 spiro atoms. The fourth-order valence-electron chi connectivity index (χ4n) is 16.3. The molecule has 0 aliphatic carbocycles. The van der Waals surface area contributed by atoms with Crippen LogP contribution in [-0.4, -0.2) is 280 Å². The van der Waals surface area contributed by atoms with Gasteiger partial charge < -0.3 is 118 Å². The van der Waals surface area contributed by atoms with Crippen molar-refractivity contribution in [3.8, 4) is 0 Å². The molecule has 6 heterocycles.